The van der Waals surface area contributed by atoms with Gasteiger partial charge in [-0.25, -0.2) is 0 Å². The SMILES string of the molecule is Clc1ccc(-c2cn[nH]c2[C@@H]2CCCN(CCOCc3ccccc3)C2)cc1. The number of likely N-dealkylation sites (tertiary alicyclic amines) is 1. The van der Waals surface area contributed by atoms with E-state index in [-0.39, 0.29) is 0 Å². The fourth-order valence-corrected chi connectivity index (χ4v) is 4.04. The molecule has 1 aliphatic rings. The molecule has 4 rings (SSSR count). The summed E-state index contributed by atoms with van der Waals surface area (Å²) in [5.41, 5.74) is 4.81. The number of nitrogens with zero attached hydrogens (tertiary/aromatic N) is 2. The molecule has 2 aromatic carbocycles. The van der Waals surface area contributed by atoms with Gasteiger partial charge in [-0.15, -0.1) is 0 Å². The molecule has 0 amide bonds. The second-order valence-electron chi connectivity index (χ2n) is 7.38. The molecule has 0 bridgehead atoms. The summed E-state index contributed by atoms with van der Waals surface area (Å²) in [7, 11) is 0. The number of aromatic nitrogens is 2. The van der Waals surface area contributed by atoms with Crippen LogP contribution in [-0.2, 0) is 11.3 Å². The maximum absolute atomic E-state index is 6.04. The van der Waals surface area contributed by atoms with E-state index in [0.717, 1.165) is 36.8 Å². The standard InChI is InChI=1S/C23H26ClN3O/c24-21-10-8-19(9-11-21)22-15-25-26-23(22)20-7-4-12-27(16-20)13-14-28-17-18-5-2-1-3-6-18/h1-3,5-6,8-11,15,20H,4,7,12-14,16-17H2,(H,25,26)/t20-/m1/s1. The second kappa shape index (κ2) is 9.37. The number of piperidine rings is 1. The van der Waals surface area contributed by atoms with Crippen LogP contribution in [-0.4, -0.2) is 41.3 Å². The summed E-state index contributed by atoms with van der Waals surface area (Å²) >= 11 is 6.04. The lowest BCUT2D eigenvalue weighted by atomic mass is 9.90. The van der Waals surface area contributed by atoms with Crippen molar-refractivity contribution >= 4 is 11.6 Å². The predicted molar refractivity (Wildman–Crippen MR) is 114 cm³/mol. The molecule has 146 valence electrons. The average molecular weight is 396 g/mol. The van der Waals surface area contributed by atoms with Crippen LogP contribution in [0.3, 0.4) is 0 Å². The molecule has 28 heavy (non-hydrogen) atoms. The van der Waals surface area contributed by atoms with E-state index in [4.69, 9.17) is 16.3 Å². The van der Waals surface area contributed by atoms with Gasteiger partial charge in [-0.1, -0.05) is 54.1 Å². The number of rotatable bonds is 7. The Morgan fingerprint density at radius 2 is 1.93 bits per heavy atom. The van der Waals surface area contributed by atoms with E-state index in [1.54, 1.807) is 0 Å². The van der Waals surface area contributed by atoms with Crippen LogP contribution in [0.2, 0.25) is 5.02 Å². The van der Waals surface area contributed by atoms with Crippen molar-refractivity contribution in [1.29, 1.82) is 0 Å². The highest BCUT2D eigenvalue weighted by Crippen LogP contribution is 2.33. The molecule has 1 aromatic heterocycles. The van der Waals surface area contributed by atoms with Crippen LogP contribution in [0.1, 0.15) is 30.0 Å². The number of aromatic amines is 1. The number of hydrogen-bond donors (Lipinski definition) is 1. The van der Waals surface area contributed by atoms with E-state index in [2.05, 4.69) is 51.5 Å². The molecule has 0 spiro atoms. The summed E-state index contributed by atoms with van der Waals surface area (Å²) in [6.45, 7) is 4.58. The third-order valence-corrected chi connectivity index (χ3v) is 5.65. The smallest absolute Gasteiger partial charge is 0.0717 e. The van der Waals surface area contributed by atoms with Gasteiger partial charge in [0.2, 0.25) is 0 Å². The monoisotopic (exact) mass is 395 g/mol. The first kappa shape index (κ1) is 19.2. The summed E-state index contributed by atoms with van der Waals surface area (Å²) in [5.74, 6) is 0.469. The molecule has 4 nitrogen and oxygen atoms in total. The van der Waals surface area contributed by atoms with Gasteiger partial charge in [-0.05, 0) is 42.6 Å². The molecular weight excluding hydrogens is 370 g/mol. The Morgan fingerprint density at radius 3 is 2.75 bits per heavy atom. The summed E-state index contributed by atoms with van der Waals surface area (Å²) in [5, 5.41) is 8.34. The zero-order valence-electron chi connectivity index (χ0n) is 16.0. The van der Waals surface area contributed by atoms with E-state index in [1.165, 1.54) is 29.7 Å². The first-order valence-corrected chi connectivity index (χ1v) is 10.3. The van der Waals surface area contributed by atoms with Crippen LogP contribution >= 0.6 is 11.6 Å². The molecule has 0 aliphatic carbocycles. The van der Waals surface area contributed by atoms with Gasteiger partial charge in [0.25, 0.3) is 0 Å². The van der Waals surface area contributed by atoms with Crippen LogP contribution in [0.25, 0.3) is 11.1 Å². The van der Waals surface area contributed by atoms with Crippen molar-refractivity contribution in [2.24, 2.45) is 0 Å². The lowest BCUT2D eigenvalue weighted by molar-refractivity contribution is 0.0827. The van der Waals surface area contributed by atoms with Gasteiger partial charge in [0.15, 0.2) is 0 Å². The summed E-state index contributed by atoms with van der Waals surface area (Å²) < 4.78 is 5.88. The van der Waals surface area contributed by atoms with Crippen LogP contribution in [0.5, 0.6) is 0 Å². The van der Waals surface area contributed by atoms with Gasteiger partial charge >= 0.3 is 0 Å². The lowest BCUT2D eigenvalue weighted by Gasteiger charge is -2.32. The molecule has 0 radical (unpaired) electrons. The zero-order chi connectivity index (χ0) is 19.2. The first-order chi connectivity index (χ1) is 13.8. The minimum absolute atomic E-state index is 0.469. The van der Waals surface area contributed by atoms with Crippen molar-refractivity contribution in [2.45, 2.75) is 25.4 Å². The Morgan fingerprint density at radius 1 is 1.11 bits per heavy atom. The molecule has 1 N–H and O–H groups in total. The van der Waals surface area contributed by atoms with Crippen LogP contribution in [0, 0.1) is 0 Å². The minimum atomic E-state index is 0.469. The van der Waals surface area contributed by atoms with Crippen LogP contribution in [0.15, 0.2) is 60.8 Å². The van der Waals surface area contributed by atoms with E-state index in [1.807, 2.05) is 24.4 Å². The Hall–Kier alpha value is -2.14. The lowest BCUT2D eigenvalue weighted by Crippen LogP contribution is -2.36. The predicted octanol–water partition coefficient (Wildman–Crippen LogP) is 5.13. The Labute approximate surface area is 171 Å². The molecule has 0 saturated carbocycles. The van der Waals surface area contributed by atoms with Crippen molar-refractivity contribution in [3.8, 4) is 11.1 Å². The number of H-pyrrole nitrogens is 1. The second-order valence-corrected chi connectivity index (χ2v) is 7.82. The van der Waals surface area contributed by atoms with Crippen LogP contribution < -0.4 is 0 Å². The maximum Gasteiger partial charge on any atom is 0.0717 e. The average Bonchev–Trinajstić information content (AvgIpc) is 3.23. The summed E-state index contributed by atoms with van der Waals surface area (Å²) in [6.07, 6.45) is 4.31. The van der Waals surface area contributed by atoms with E-state index in [9.17, 15) is 0 Å². The molecule has 3 aromatic rings. The Bertz CT molecular complexity index is 863. The van der Waals surface area contributed by atoms with Crippen molar-refractivity contribution in [1.82, 2.24) is 15.1 Å². The highest BCUT2D eigenvalue weighted by molar-refractivity contribution is 6.30. The molecular formula is C23H26ClN3O. The van der Waals surface area contributed by atoms with Gasteiger partial charge < -0.3 is 9.64 Å². The highest BCUT2D eigenvalue weighted by Gasteiger charge is 2.25. The minimum Gasteiger partial charge on any atom is -0.375 e. The molecule has 1 atom stereocenters. The van der Waals surface area contributed by atoms with Crippen molar-refractivity contribution in [3.05, 3.63) is 77.1 Å². The maximum atomic E-state index is 6.04. The largest absolute Gasteiger partial charge is 0.375 e. The molecule has 2 heterocycles. The van der Waals surface area contributed by atoms with Gasteiger partial charge in [-0.2, -0.15) is 5.10 Å². The highest BCUT2D eigenvalue weighted by atomic mass is 35.5. The fourth-order valence-electron chi connectivity index (χ4n) is 3.92. The Balaban J connectivity index is 1.33. The molecule has 1 saturated heterocycles. The summed E-state index contributed by atoms with van der Waals surface area (Å²) in [4.78, 5) is 2.51. The molecule has 0 unspecified atom stereocenters. The zero-order valence-corrected chi connectivity index (χ0v) is 16.7. The van der Waals surface area contributed by atoms with Gasteiger partial charge in [0.05, 0.1) is 19.4 Å². The van der Waals surface area contributed by atoms with Crippen LogP contribution in [0.4, 0.5) is 0 Å². The normalized spacial score (nSPS) is 17.7. The van der Waals surface area contributed by atoms with Crippen molar-refractivity contribution in [2.75, 3.05) is 26.2 Å². The third-order valence-electron chi connectivity index (χ3n) is 5.40. The molecule has 1 fully saturated rings. The number of ether oxygens (including phenoxy) is 1. The van der Waals surface area contributed by atoms with E-state index < -0.39 is 0 Å². The van der Waals surface area contributed by atoms with Gasteiger partial charge in [0, 0.05) is 35.3 Å². The first-order valence-electron chi connectivity index (χ1n) is 9.93. The fraction of sp³-hybridized carbons (Fsp3) is 0.348. The summed E-state index contributed by atoms with van der Waals surface area (Å²) in [6, 6.07) is 18.3. The van der Waals surface area contributed by atoms with E-state index in [0.29, 0.717) is 12.5 Å². The molecule has 5 heteroatoms. The number of benzene rings is 2. The van der Waals surface area contributed by atoms with Crippen molar-refractivity contribution < 1.29 is 4.74 Å². The number of hydrogen-bond acceptors (Lipinski definition) is 3. The molecule has 1 aliphatic heterocycles. The topological polar surface area (TPSA) is 41.2 Å². The van der Waals surface area contributed by atoms with Gasteiger partial charge in [-0.3, -0.25) is 5.10 Å². The van der Waals surface area contributed by atoms with Crippen molar-refractivity contribution in [3.63, 3.8) is 0 Å². The Kier molecular flexibility index (Phi) is 6.42. The third kappa shape index (κ3) is 4.82. The number of halogens is 1. The van der Waals surface area contributed by atoms with E-state index >= 15 is 0 Å². The van der Waals surface area contributed by atoms with Gasteiger partial charge in [0.1, 0.15) is 0 Å². The number of nitrogens with one attached hydrogen (secondary N) is 1. The quantitative estimate of drug-likeness (QED) is 0.564.